The van der Waals surface area contributed by atoms with E-state index in [0.717, 1.165) is 45.3 Å². The van der Waals surface area contributed by atoms with Gasteiger partial charge in [0.05, 0.1) is 0 Å². The second-order valence-corrected chi connectivity index (χ2v) is 4.95. The number of nitrogens with two attached hydrogens (primary N) is 1. The van der Waals surface area contributed by atoms with Crippen molar-refractivity contribution in [3.63, 3.8) is 0 Å². The van der Waals surface area contributed by atoms with Gasteiger partial charge in [-0.3, -0.25) is 0 Å². The van der Waals surface area contributed by atoms with Crippen LogP contribution in [-0.4, -0.2) is 48.6 Å². The van der Waals surface area contributed by atoms with Crippen molar-refractivity contribution in [3.8, 4) is 0 Å². The van der Waals surface area contributed by atoms with Gasteiger partial charge in [-0.1, -0.05) is 0 Å². The summed E-state index contributed by atoms with van der Waals surface area (Å²) in [6.45, 7) is 2.75. The van der Waals surface area contributed by atoms with E-state index in [-0.39, 0.29) is 6.03 Å². The van der Waals surface area contributed by atoms with E-state index in [1.807, 2.05) is 16.8 Å². The zero-order chi connectivity index (χ0) is 10.8. The van der Waals surface area contributed by atoms with Crippen molar-refractivity contribution in [2.45, 2.75) is 31.7 Å². The average Bonchev–Trinajstić information content (AvgIpc) is 2.66. The summed E-state index contributed by atoms with van der Waals surface area (Å²) in [6.07, 6.45) is 4.48. The molecule has 0 spiro atoms. The number of nitrogens with zero attached hydrogens (tertiary/aromatic N) is 2. The summed E-state index contributed by atoms with van der Waals surface area (Å²) >= 11 is 0. The monoisotopic (exact) mass is 211 g/mol. The molecule has 2 fully saturated rings. The van der Waals surface area contributed by atoms with Crippen LogP contribution in [0.1, 0.15) is 25.7 Å². The van der Waals surface area contributed by atoms with Gasteiger partial charge in [-0.2, -0.15) is 0 Å². The number of hydrogen-bond donors (Lipinski definition) is 1. The number of carbonyl (C=O) groups excluding carboxylic acids is 1. The van der Waals surface area contributed by atoms with Gasteiger partial charge < -0.3 is 15.5 Å². The third-order valence-corrected chi connectivity index (χ3v) is 3.51. The molecule has 0 atom stereocenters. The molecule has 2 aliphatic rings. The highest BCUT2D eigenvalue weighted by Crippen LogP contribution is 2.26. The van der Waals surface area contributed by atoms with Crippen LogP contribution in [0.4, 0.5) is 4.79 Å². The largest absolute Gasteiger partial charge is 0.328 e. The summed E-state index contributed by atoms with van der Waals surface area (Å²) in [5.74, 6) is 0.636. The first-order chi connectivity index (χ1) is 7.16. The predicted octanol–water partition coefficient (Wildman–Crippen LogP) is 0.871. The molecule has 0 bridgehead atoms. The summed E-state index contributed by atoms with van der Waals surface area (Å²) in [7, 11) is 1.91. The molecule has 0 radical (unpaired) electrons. The quantitative estimate of drug-likeness (QED) is 0.737. The minimum Gasteiger partial charge on any atom is -0.328 e. The van der Waals surface area contributed by atoms with Gasteiger partial charge in [-0.25, -0.2) is 4.79 Å². The fourth-order valence-electron chi connectivity index (χ4n) is 2.55. The Balaban J connectivity index is 1.74. The molecule has 1 saturated heterocycles. The van der Waals surface area contributed by atoms with Crippen LogP contribution in [-0.2, 0) is 0 Å². The average molecular weight is 211 g/mol. The van der Waals surface area contributed by atoms with Crippen LogP contribution in [0.5, 0.6) is 0 Å². The number of rotatable bonds is 2. The smallest absolute Gasteiger partial charge is 0.319 e. The SMILES string of the molecule is CN(CC1CC(N)C1)C(=O)N1CCCC1. The van der Waals surface area contributed by atoms with E-state index < -0.39 is 0 Å². The van der Waals surface area contributed by atoms with E-state index in [4.69, 9.17) is 5.73 Å². The standard InChI is InChI=1S/C11H21N3O/c1-13(8-9-6-10(12)7-9)11(15)14-4-2-3-5-14/h9-10H,2-8,12H2,1H3. The van der Waals surface area contributed by atoms with E-state index in [1.54, 1.807) is 0 Å². The first-order valence-electron chi connectivity index (χ1n) is 5.92. The van der Waals surface area contributed by atoms with Crippen molar-refractivity contribution in [2.24, 2.45) is 11.7 Å². The van der Waals surface area contributed by atoms with Gasteiger partial charge in [-0.05, 0) is 31.6 Å². The Morgan fingerprint density at radius 3 is 2.53 bits per heavy atom. The molecule has 4 heteroatoms. The van der Waals surface area contributed by atoms with Gasteiger partial charge in [-0.15, -0.1) is 0 Å². The molecule has 0 aromatic carbocycles. The lowest BCUT2D eigenvalue weighted by Gasteiger charge is -2.36. The van der Waals surface area contributed by atoms with Crippen LogP contribution in [0.25, 0.3) is 0 Å². The van der Waals surface area contributed by atoms with Crippen molar-refractivity contribution < 1.29 is 4.79 Å². The van der Waals surface area contributed by atoms with Crippen LogP contribution >= 0.6 is 0 Å². The van der Waals surface area contributed by atoms with Gasteiger partial charge in [0.2, 0.25) is 0 Å². The maximum absolute atomic E-state index is 11.9. The number of hydrogen-bond acceptors (Lipinski definition) is 2. The van der Waals surface area contributed by atoms with Crippen molar-refractivity contribution in [3.05, 3.63) is 0 Å². The number of urea groups is 1. The van der Waals surface area contributed by atoms with Gasteiger partial charge >= 0.3 is 6.03 Å². The molecule has 2 N–H and O–H groups in total. The van der Waals surface area contributed by atoms with Gasteiger partial charge in [0, 0.05) is 32.7 Å². The highest BCUT2D eigenvalue weighted by Gasteiger charge is 2.29. The molecule has 1 saturated carbocycles. The maximum Gasteiger partial charge on any atom is 0.319 e. The Hall–Kier alpha value is -0.770. The topological polar surface area (TPSA) is 49.6 Å². The third-order valence-electron chi connectivity index (χ3n) is 3.51. The number of carbonyl (C=O) groups is 1. The fraction of sp³-hybridized carbons (Fsp3) is 0.909. The molecule has 1 heterocycles. The molecule has 0 unspecified atom stereocenters. The Bertz CT molecular complexity index is 232. The molecule has 4 nitrogen and oxygen atoms in total. The van der Waals surface area contributed by atoms with Gasteiger partial charge in [0.1, 0.15) is 0 Å². The minimum atomic E-state index is 0.202. The van der Waals surface area contributed by atoms with E-state index in [2.05, 4.69) is 0 Å². The molecule has 2 amide bonds. The Labute approximate surface area is 91.4 Å². The van der Waals surface area contributed by atoms with E-state index in [1.165, 1.54) is 0 Å². The third kappa shape index (κ3) is 2.43. The maximum atomic E-state index is 11.9. The summed E-state index contributed by atoms with van der Waals surface area (Å²) < 4.78 is 0. The van der Waals surface area contributed by atoms with Gasteiger partial charge in [0.15, 0.2) is 0 Å². The lowest BCUT2D eigenvalue weighted by Crippen LogP contribution is -2.46. The first-order valence-corrected chi connectivity index (χ1v) is 5.92. The van der Waals surface area contributed by atoms with Crippen molar-refractivity contribution in [1.82, 2.24) is 9.80 Å². The molecule has 86 valence electrons. The summed E-state index contributed by atoms with van der Waals surface area (Å²) in [4.78, 5) is 15.7. The number of amides is 2. The molecule has 1 aliphatic carbocycles. The number of likely N-dealkylation sites (tertiary alicyclic amines) is 1. The van der Waals surface area contributed by atoms with E-state index in [0.29, 0.717) is 12.0 Å². The summed E-state index contributed by atoms with van der Waals surface area (Å²) in [5.41, 5.74) is 5.73. The van der Waals surface area contributed by atoms with Crippen molar-refractivity contribution in [1.29, 1.82) is 0 Å². The predicted molar refractivity (Wildman–Crippen MR) is 59.5 cm³/mol. The molecule has 0 aromatic rings. The molecule has 2 rings (SSSR count). The second kappa shape index (κ2) is 4.39. The summed E-state index contributed by atoms with van der Waals surface area (Å²) in [5, 5.41) is 0. The van der Waals surface area contributed by atoms with E-state index >= 15 is 0 Å². The summed E-state index contributed by atoms with van der Waals surface area (Å²) in [6, 6.07) is 0.582. The zero-order valence-corrected chi connectivity index (χ0v) is 9.48. The minimum absolute atomic E-state index is 0.202. The van der Waals surface area contributed by atoms with Crippen LogP contribution in [0.3, 0.4) is 0 Å². The molecule has 15 heavy (non-hydrogen) atoms. The lowest BCUT2D eigenvalue weighted by molar-refractivity contribution is 0.146. The fourth-order valence-corrected chi connectivity index (χ4v) is 2.55. The lowest BCUT2D eigenvalue weighted by atomic mass is 9.81. The highest BCUT2D eigenvalue weighted by molar-refractivity contribution is 5.74. The first kappa shape index (κ1) is 10.7. The van der Waals surface area contributed by atoms with Gasteiger partial charge in [0.25, 0.3) is 0 Å². The van der Waals surface area contributed by atoms with Crippen LogP contribution < -0.4 is 5.73 Å². The molecule has 0 aromatic heterocycles. The highest BCUT2D eigenvalue weighted by atomic mass is 16.2. The van der Waals surface area contributed by atoms with Crippen LogP contribution in [0, 0.1) is 5.92 Å². The Kier molecular flexibility index (Phi) is 3.14. The second-order valence-electron chi connectivity index (χ2n) is 4.95. The molecular weight excluding hydrogens is 190 g/mol. The van der Waals surface area contributed by atoms with Crippen LogP contribution in [0.15, 0.2) is 0 Å². The Morgan fingerprint density at radius 1 is 1.40 bits per heavy atom. The van der Waals surface area contributed by atoms with Crippen LogP contribution in [0.2, 0.25) is 0 Å². The molecular formula is C11H21N3O. The Morgan fingerprint density at radius 2 is 2.00 bits per heavy atom. The zero-order valence-electron chi connectivity index (χ0n) is 9.48. The molecule has 1 aliphatic heterocycles. The van der Waals surface area contributed by atoms with E-state index in [9.17, 15) is 4.79 Å². The van der Waals surface area contributed by atoms with Crippen molar-refractivity contribution in [2.75, 3.05) is 26.7 Å². The normalized spacial score (nSPS) is 30.1. The van der Waals surface area contributed by atoms with Crippen molar-refractivity contribution >= 4 is 6.03 Å².